The molecule has 87 heavy (non-hydrogen) atoms. The fourth-order valence-electron chi connectivity index (χ4n) is 6.85. The second-order valence-corrected chi connectivity index (χ2v) is 21.4. The summed E-state index contributed by atoms with van der Waals surface area (Å²) in [5.41, 5.74) is 12.0. The van der Waals surface area contributed by atoms with Crippen LogP contribution < -0.4 is 21.1 Å². The minimum Gasteiger partial charge on any atom is -0.491 e. The number of fused-ring (bicyclic) bond motifs is 3. The zero-order valence-corrected chi connectivity index (χ0v) is 49.0. The van der Waals surface area contributed by atoms with Gasteiger partial charge in [0, 0.05) is 73.6 Å². The molecule has 0 saturated heterocycles. The molecule has 0 unspecified atom stereocenters. The highest BCUT2D eigenvalue weighted by Crippen LogP contribution is 2.36. The number of carbonyl (C=O) groups excluding carboxylic acids is 1. The van der Waals surface area contributed by atoms with Crippen molar-refractivity contribution < 1.29 is 47.3 Å². The summed E-state index contributed by atoms with van der Waals surface area (Å²) in [6, 6.07) is 29.8. The first-order valence-electron chi connectivity index (χ1n) is 24.5. The van der Waals surface area contributed by atoms with E-state index in [1.54, 1.807) is 63.6 Å². The van der Waals surface area contributed by atoms with E-state index in [4.69, 9.17) is 53.0 Å². The monoisotopic (exact) mass is 1370 g/mol. The molecule has 7 N–H and O–H groups in total. The molecule has 1 fully saturated rings. The van der Waals surface area contributed by atoms with E-state index < -0.39 is 29.6 Å². The third kappa shape index (κ3) is 25.2. The molecule has 19 nitrogen and oxygen atoms in total. The number of rotatable bonds is 8. The van der Waals surface area contributed by atoms with Gasteiger partial charge in [-0.2, -0.15) is 14.8 Å². The summed E-state index contributed by atoms with van der Waals surface area (Å²) in [4.78, 5) is 56.2. The molecule has 2 aliphatic rings. The van der Waals surface area contributed by atoms with E-state index in [1.807, 2.05) is 80.7 Å². The largest absolute Gasteiger partial charge is 0.491 e. The van der Waals surface area contributed by atoms with Gasteiger partial charge < -0.3 is 45.5 Å². The van der Waals surface area contributed by atoms with Crippen molar-refractivity contribution in [2.75, 3.05) is 17.7 Å². The number of anilines is 4. The summed E-state index contributed by atoms with van der Waals surface area (Å²) >= 11 is 18.2. The lowest BCUT2D eigenvalue weighted by Crippen LogP contribution is -2.27. The number of hydrogen-bond donors (Lipinski definition) is 6. The number of nitrogens with zero attached hydrogens (tertiary/aromatic N) is 7. The molecule has 1 aliphatic heterocycles. The summed E-state index contributed by atoms with van der Waals surface area (Å²) in [5.74, 6) is -2.67. The lowest BCUT2D eigenvalue weighted by molar-refractivity contribution is -0.0717. The van der Waals surface area contributed by atoms with Crippen LogP contribution in [0.15, 0.2) is 140 Å². The van der Waals surface area contributed by atoms with Gasteiger partial charge in [0.25, 0.3) is 0 Å². The number of furan rings is 1. The molecule has 0 amide bonds. The van der Waals surface area contributed by atoms with Crippen molar-refractivity contribution in [1.29, 1.82) is 0 Å². The van der Waals surface area contributed by atoms with Crippen molar-refractivity contribution in [1.82, 2.24) is 34.7 Å². The fraction of sp³-hybridized carbons (Fsp3) is 0.306. The van der Waals surface area contributed by atoms with Crippen LogP contribution in [0.3, 0.4) is 0 Å². The summed E-state index contributed by atoms with van der Waals surface area (Å²) in [6.07, 6.45) is 8.66. The lowest BCUT2D eigenvalue weighted by Gasteiger charge is -2.23. The summed E-state index contributed by atoms with van der Waals surface area (Å²) in [7, 11) is 1.53. The molecule has 25 heteroatoms. The number of halogens is 6. The number of hydrogen-bond acceptors (Lipinski definition) is 15. The fourth-order valence-corrected chi connectivity index (χ4v) is 7.83. The number of nitrogens with two attached hydrogens (primary N) is 1. The molecular weight excluding hydrogens is 1300 g/mol. The van der Waals surface area contributed by atoms with Gasteiger partial charge in [0.15, 0.2) is 11.6 Å². The highest BCUT2D eigenvalue weighted by molar-refractivity contribution is 9.10. The number of aromatic amines is 1. The molecule has 1 aliphatic carbocycles. The minimum atomic E-state index is -2.28. The van der Waals surface area contributed by atoms with Gasteiger partial charge in [-0.05, 0) is 146 Å². The third-order valence-corrected chi connectivity index (χ3v) is 12.1. The van der Waals surface area contributed by atoms with Crippen molar-refractivity contribution >= 4 is 124 Å². The highest BCUT2D eigenvalue weighted by atomic mass is 79.9. The third-order valence-electron chi connectivity index (χ3n) is 10.7. The molecule has 9 aromatic rings. The van der Waals surface area contributed by atoms with E-state index in [1.165, 1.54) is 29.6 Å². The number of aromatic carboxylic acids is 2. The van der Waals surface area contributed by atoms with Gasteiger partial charge in [0.1, 0.15) is 22.7 Å². The Morgan fingerprint density at radius 3 is 1.97 bits per heavy atom. The Labute approximate surface area is 534 Å². The predicted octanol–water partition coefficient (Wildman–Crippen LogP) is 18.8. The van der Waals surface area contributed by atoms with Crippen LogP contribution >= 0.6 is 55.1 Å². The van der Waals surface area contributed by atoms with E-state index in [-0.39, 0.29) is 79.4 Å². The van der Waals surface area contributed by atoms with E-state index in [0.717, 1.165) is 59.8 Å². The van der Waals surface area contributed by atoms with Gasteiger partial charge in [-0.1, -0.05) is 115 Å². The normalized spacial score (nSPS) is 11.6. The lowest BCUT2D eigenvalue weighted by atomic mass is 9.95. The molecule has 4 aromatic carbocycles. The zero-order valence-electron chi connectivity index (χ0n) is 44.3. The number of carboxylic acids is 2. The Morgan fingerprint density at radius 2 is 1.39 bits per heavy atom. The number of carbonyl (C=O) groups is 3. The maximum absolute atomic E-state index is 12.1. The predicted molar refractivity (Wildman–Crippen MR) is 357 cm³/mol. The Kier molecular flexibility index (Phi) is 33.1. The van der Waals surface area contributed by atoms with E-state index in [0.29, 0.717) is 35.4 Å². The Hall–Kier alpha value is -7.83. The van der Waals surface area contributed by atoms with Gasteiger partial charge in [-0.15, -0.1) is 0 Å². The number of methoxy groups -OCH3 is 1. The van der Waals surface area contributed by atoms with Crippen molar-refractivity contribution in [2.45, 2.75) is 123 Å². The number of H-pyrrole nitrogens is 1. The second-order valence-electron chi connectivity index (χ2n) is 18.9. The van der Waals surface area contributed by atoms with Crippen LogP contribution in [0, 0.1) is 0 Å². The Morgan fingerprint density at radius 1 is 0.782 bits per heavy atom. The van der Waals surface area contributed by atoms with Gasteiger partial charge >= 0.3 is 18.0 Å². The van der Waals surface area contributed by atoms with Crippen LogP contribution in [0.25, 0.3) is 33.0 Å². The number of nitrogens with one attached hydrogen (secondary N) is 3. The molecule has 0 bridgehead atoms. The van der Waals surface area contributed by atoms with E-state index in [2.05, 4.69) is 83.6 Å². The molecule has 0 spiro atoms. The van der Waals surface area contributed by atoms with Crippen LogP contribution in [0.2, 0.25) is 10.6 Å². The number of ether oxygens (including phenoxy) is 2. The van der Waals surface area contributed by atoms with Gasteiger partial charge in [0.2, 0.25) is 22.2 Å². The SMILES string of the molecule is C.C.C.C.C.C.CC(C)N.COc1cnc(Cl)nc1Nc1ccc(-c2cnn(C(=O)OC(C)(C)C)c2)cc1.Clc1nccc(Nc2ccc3c(c2)C=NC3)n1.FC1(F)CCC1.O=C(O)c1cc2ccc(Br)cc2[nH]1.O=C(O)c1cc2ccc(Br)cc2o1. The first-order valence-corrected chi connectivity index (χ1v) is 26.9. The van der Waals surface area contributed by atoms with Crippen molar-refractivity contribution in [3.8, 4) is 16.9 Å². The van der Waals surface area contributed by atoms with Crippen LogP contribution in [0.5, 0.6) is 5.75 Å². The van der Waals surface area contributed by atoms with Crippen molar-refractivity contribution in [3.63, 3.8) is 0 Å². The molecule has 6 heterocycles. The van der Waals surface area contributed by atoms with Crippen LogP contribution in [-0.2, 0) is 11.3 Å². The van der Waals surface area contributed by atoms with Crippen LogP contribution in [0.1, 0.15) is 131 Å². The van der Waals surface area contributed by atoms with Crippen LogP contribution in [-0.4, -0.2) is 93.8 Å². The Balaban J connectivity index is 0.00000109. The number of carboxylic acid groups (broad SMARTS) is 2. The standard InChI is InChI=1S/C19H20ClN5O3.C12H9ClN4.C9H6BrNO2.C9H5BrO3.C4H6F2.C3H9N.6CH4/c1-19(2,3)28-18(26)25-11-13(9-22-25)12-5-7-14(8-6-12)23-16-15(27-4)10-21-17(20)24-16;13-12-15-4-3-11(17-12)16-10-2-1-8-6-14-7-9(8)5-10;10-6-2-1-5-3-8(9(12)13)11-7(5)4-6;10-6-2-1-5-3-8(9(11)12)13-7(5)4-6;5-4(6)2-1-3-4;1-3(2)4;;;;;;/h5-11H,1-4H3,(H,21,23,24);1-5,7H,6H2,(H,15,16,17);1-4,11H,(H,12,13);1-4H,(H,11,12);1-3H2;3H,4H2,1-2H3;6*1H4. The first kappa shape index (κ1) is 79.2. The molecule has 472 valence electrons. The Bertz CT molecular complexity index is 3550. The second kappa shape index (κ2) is 36.3. The first-order chi connectivity index (χ1) is 38.3. The summed E-state index contributed by atoms with van der Waals surface area (Å²) in [5, 5.41) is 29.8. The smallest absolute Gasteiger partial charge is 0.435 e. The maximum Gasteiger partial charge on any atom is 0.435 e. The minimum absolute atomic E-state index is 0. The molecular formula is C62H79Br2Cl2F2N11O8. The molecule has 5 aromatic heterocycles. The zero-order chi connectivity index (χ0) is 59.0. The number of aromatic nitrogens is 7. The van der Waals surface area contributed by atoms with Crippen LogP contribution in [0.4, 0.5) is 36.6 Å². The van der Waals surface area contributed by atoms with E-state index in [9.17, 15) is 23.2 Å². The average molecular weight is 1380 g/mol. The molecule has 1 saturated carbocycles. The number of benzene rings is 4. The van der Waals surface area contributed by atoms with Gasteiger partial charge in [-0.25, -0.2) is 38.1 Å². The summed E-state index contributed by atoms with van der Waals surface area (Å²) < 4.78 is 41.7. The summed E-state index contributed by atoms with van der Waals surface area (Å²) in [6.45, 7) is 10.1. The van der Waals surface area contributed by atoms with Crippen molar-refractivity contribution in [2.24, 2.45) is 10.7 Å². The number of alkyl halides is 2. The molecule has 0 atom stereocenters. The average Bonchev–Trinajstić information content (AvgIpc) is 4.32. The van der Waals surface area contributed by atoms with Crippen molar-refractivity contribution in [3.05, 3.63) is 164 Å². The highest BCUT2D eigenvalue weighted by Gasteiger charge is 2.36. The van der Waals surface area contributed by atoms with Gasteiger partial charge in [0.05, 0.1) is 26.0 Å². The van der Waals surface area contributed by atoms with E-state index >= 15 is 0 Å². The number of aliphatic imine (C=N–C) groups is 1. The van der Waals surface area contributed by atoms with Gasteiger partial charge in [-0.3, -0.25) is 4.99 Å². The molecule has 0 radical (unpaired) electrons. The topological polar surface area (TPSA) is 271 Å². The maximum atomic E-state index is 12.1. The molecule has 11 rings (SSSR count). The quantitative estimate of drug-likeness (QED) is 0.0772.